The van der Waals surface area contributed by atoms with Gasteiger partial charge in [-0.25, -0.2) is 0 Å². The molecule has 0 saturated carbocycles. The minimum atomic E-state index is -8.79. The SMILES string of the molecule is [2H]C([2H])([2H])[Te](c1ccc(C(F)(F)F)cc1)(c1ccc(C(F)(F)F)cc1)(c1ccc(C(F)(F)F)cc1)(c1ccc(C(F)(F)F)cc1)c1ccc(C(F)(F)F)cc1. The normalized spacial score (nSPS) is 15.9. The summed E-state index contributed by atoms with van der Waals surface area (Å²) in [6.45, 7) is 0. The third-order valence-corrected chi connectivity index (χ3v) is 29.6. The van der Waals surface area contributed by atoms with Gasteiger partial charge in [-0.15, -0.1) is 0 Å². The summed E-state index contributed by atoms with van der Waals surface area (Å²) < 4.78 is 236. The van der Waals surface area contributed by atoms with Crippen LogP contribution in [0.3, 0.4) is 0 Å². The van der Waals surface area contributed by atoms with E-state index in [1.807, 2.05) is 0 Å². The Morgan fingerprint density at radius 3 is 0.519 bits per heavy atom. The van der Waals surface area contributed by atoms with Gasteiger partial charge in [0.05, 0.1) is 0 Å². The molecule has 0 heterocycles. The third-order valence-electron chi connectivity index (χ3n) is 8.85. The predicted octanol–water partition coefficient (Wildman–Crippen LogP) is 9.60. The Morgan fingerprint density at radius 1 is 0.288 bits per heavy atom. The van der Waals surface area contributed by atoms with Gasteiger partial charge in [-0.05, 0) is 0 Å². The van der Waals surface area contributed by atoms with Crippen LogP contribution in [0.1, 0.15) is 31.9 Å². The molecule has 0 bridgehead atoms. The number of halogens is 15. The molecule has 0 amide bonds. The zero-order chi connectivity index (χ0) is 41.3. The van der Waals surface area contributed by atoms with Gasteiger partial charge in [-0.1, -0.05) is 0 Å². The fourth-order valence-corrected chi connectivity index (χ4v) is 25.7. The van der Waals surface area contributed by atoms with Gasteiger partial charge in [-0.2, -0.15) is 0 Å². The van der Waals surface area contributed by atoms with Gasteiger partial charge in [0.2, 0.25) is 0 Å². The van der Waals surface area contributed by atoms with E-state index in [1.165, 1.54) is 0 Å². The molecule has 0 nitrogen and oxygen atoms in total. The number of rotatable bonds is 5. The number of hydrogen-bond donors (Lipinski definition) is 0. The molecule has 0 saturated heterocycles. The Morgan fingerprint density at radius 2 is 0.423 bits per heavy atom. The molecule has 0 N–H and O–H groups in total. The van der Waals surface area contributed by atoms with Crippen LogP contribution in [-0.2, 0) is 30.9 Å². The second-order valence-corrected chi connectivity index (χ2v) is 27.1. The molecular weight excluding hydrogens is 845 g/mol. The number of alkyl halides is 15. The quantitative estimate of drug-likeness (QED) is 0.122. The summed E-state index contributed by atoms with van der Waals surface area (Å²) in [6, 6.07) is 9.43. The van der Waals surface area contributed by atoms with Crippen molar-refractivity contribution >= 4 is 33.5 Å². The van der Waals surface area contributed by atoms with Gasteiger partial charge in [0, 0.05) is 0 Å². The van der Waals surface area contributed by atoms with E-state index in [0.29, 0.717) is 121 Å². The fraction of sp³-hybridized carbons (Fsp3) is 0.167. The Kier molecular flexibility index (Phi) is 8.01. The molecule has 0 radical (unpaired) electrons. The second kappa shape index (κ2) is 11.9. The minimum absolute atomic E-state index is 0.354. The maximum atomic E-state index is 14.0. The van der Waals surface area contributed by atoms with E-state index < -0.39 is 97.1 Å². The van der Waals surface area contributed by atoms with Crippen LogP contribution in [0.2, 0.25) is 4.90 Å². The van der Waals surface area contributed by atoms with E-state index in [9.17, 15) is 70.0 Å². The van der Waals surface area contributed by atoms with Crippen molar-refractivity contribution in [2.45, 2.75) is 35.8 Å². The summed E-state index contributed by atoms with van der Waals surface area (Å²) in [6.07, 6.45) is -25.6. The number of benzene rings is 5. The molecular formula is C36H23F15Te. The maximum absolute atomic E-state index is 14.0. The second-order valence-electron chi connectivity index (χ2n) is 11.6. The van der Waals surface area contributed by atoms with Gasteiger partial charge in [0.15, 0.2) is 0 Å². The molecule has 0 spiro atoms. The Balaban J connectivity index is 2.29. The Labute approximate surface area is 287 Å². The standard InChI is InChI=1S/C36H23F15Te/c1-52(27-12-2-22(3-13-27)32(37,38)39,28-14-4-23(5-15-28)33(40,41)42,29-16-6-24(7-17-29)34(43,44)45,30-18-8-25(9-19-30)35(46,47)48)31-20-10-26(11-21-31)36(49,50)51/h2-21H,1H3/i1D3. The van der Waals surface area contributed by atoms with E-state index in [0.717, 1.165) is 0 Å². The molecule has 5 aromatic carbocycles. The summed E-state index contributed by atoms with van der Waals surface area (Å²) in [5.74, 6) is 0. The van der Waals surface area contributed by atoms with Gasteiger partial charge >= 0.3 is 288 Å². The molecule has 5 rings (SSSR count). The predicted molar refractivity (Wildman–Crippen MR) is 167 cm³/mol. The molecule has 5 aromatic rings. The number of hydrogen-bond acceptors (Lipinski definition) is 0. The summed E-state index contributed by atoms with van der Waals surface area (Å²) in [7, 11) is 0. The van der Waals surface area contributed by atoms with Crippen LogP contribution < -0.4 is 18.1 Å². The van der Waals surface area contributed by atoms with Gasteiger partial charge in [0.1, 0.15) is 0 Å². The first kappa shape index (κ1) is 34.9. The molecule has 0 unspecified atom stereocenters. The average Bonchev–Trinajstić information content (AvgIpc) is 3.08. The van der Waals surface area contributed by atoms with Crippen LogP contribution in [0.15, 0.2) is 121 Å². The van der Waals surface area contributed by atoms with Crippen LogP contribution in [0.4, 0.5) is 65.9 Å². The first-order valence-corrected chi connectivity index (χ1v) is 21.4. The van der Waals surface area contributed by atoms with Gasteiger partial charge in [0.25, 0.3) is 0 Å². The average molecular weight is 871 g/mol. The molecule has 0 fully saturated rings. The summed E-state index contributed by atoms with van der Waals surface area (Å²) in [5.41, 5.74) is -7.14. The zero-order valence-corrected chi connectivity index (χ0v) is 28.0. The third kappa shape index (κ3) is 5.82. The van der Waals surface area contributed by atoms with E-state index >= 15 is 0 Å². The first-order chi connectivity index (χ1) is 25.0. The monoisotopic (exact) mass is 873 g/mol. The molecule has 0 aliphatic heterocycles. The van der Waals surface area contributed by atoms with Crippen LogP contribution in [0, 0.1) is 0 Å². The van der Waals surface area contributed by atoms with E-state index in [2.05, 4.69) is 0 Å². The van der Waals surface area contributed by atoms with Crippen LogP contribution in [-0.4, -0.2) is 15.4 Å². The first-order valence-electron chi connectivity index (χ1n) is 15.9. The topological polar surface area (TPSA) is 0 Å². The van der Waals surface area contributed by atoms with Crippen molar-refractivity contribution in [3.8, 4) is 0 Å². The fourth-order valence-electron chi connectivity index (χ4n) is 6.28. The molecule has 278 valence electrons. The van der Waals surface area contributed by atoms with Crippen molar-refractivity contribution in [3.63, 3.8) is 0 Å². The van der Waals surface area contributed by atoms with Crippen LogP contribution in [0.25, 0.3) is 0 Å². The summed E-state index contributed by atoms with van der Waals surface area (Å²) in [5, 5.41) is 0. The van der Waals surface area contributed by atoms with Crippen molar-refractivity contribution in [1.29, 1.82) is 0 Å². The van der Waals surface area contributed by atoms with Crippen LogP contribution >= 0.6 is 0 Å². The molecule has 0 aromatic heterocycles. The van der Waals surface area contributed by atoms with Crippen molar-refractivity contribution in [2.24, 2.45) is 0 Å². The van der Waals surface area contributed by atoms with E-state index in [4.69, 9.17) is 0 Å². The summed E-state index contributed by atoms with van der Waals surface area (Å²) >= 11 is -8.79. The van der Waals surface area contributed by atoms with E-state index in [1.54, 1.807) is 0 Å². The van der Waals surface area contributed by atoms with Crippen molar-refractivity contribution in [3.05, 3.63) is 149 Å². The van der Waals surface area contributed by atoms with Gasteiger partial charge in [-0.3, -0.25) is 0 Å². The van der Waals surface area contributed by atoms with Crippen LogP contribution in [0.5, 0.6) is 0 Å². The molecule has 0 aliphatic carbocycles. The zero-order valence-electron chi connectivity index (χ0n) is 28.6. The van der Waals surface area contributed by atoms with E-state index in [-0.39, 0.29) is 0 Å². The van der Waals surface area contributed by atoms with Crippen molar-refractivity contribution < 1.29 is 70.0 Å². The summed E-state index contributed by atoms with van der Waals surface area (Å²) in [4.78, 5) is -3.97. The molecule has 0 atom stereocenters. The molecule has 16 heteroatoms. The molecule has 52 heavy (non-hydrogen) atoms. The van der Waals surface area contributed by atoms with Gasteiger partial charge < -0.3 is 0 Å². The van der Waals surface area contributed by atoms with Crippen molar-refractivity contribution in [1.82, 2.24) is 0 Å². The van der Waals surface area contributed by atoms with Crippen molar-refractivity contribution in [2.75, 3.05) is 0 Å². The Hall–Kier alpha value is -4.16. The molecule has 0 aliphatic rings. The Bertz CT molecular complexity index is 1820.